The number of phenolic OH excluding ortho intramolecular Hbond substituents is 1. The van der Waals surface area contributed by atoms with Gasteiger partial charge in [-0.2, -0.15) is 0 Å². The first kappa shape index (κ1) is 15.1. The summed E-state index contributed by atoms with van der Waals surface area (Å²) in [5.41, 5.74) is 6.81. The fraction of sp³-hybridized carbons (Fsp3) is 0.625. The standard InChI is InChI=1S/C16H26N2O2/c1-18(15-6-4-3-5-12(15)10-17)11-13-9-14(20-2)7-8-16(13)19/h7-9,12,15,19H,3-6,10-11,17H2,1-2H3. The van der Waals surface area contributed by atoms with Gasteiger partial charge >= 0.3 is 0 Å². The number of phenols is 1. The molecular formula is C16H26N2O2. The summed E-state index contributed by atoms with van der Waals surface area (Å²) in [5, 5.41) is 9.99. The Morgan fingerprint density at radius 3 is 2.80 bits per heavy atom. The van der Waals surface area contributed by atoms with Gasteiger partial charge in [0.15, 0.2) is 0 Å². The SMILES string of the molecule is COc1ccc(O)c(CN(C)C2CCCCC2CN)c1. The van der Waals surface area contributed by atoms with E-state index in [1.807, 2.05) is 6.07 Å². The zero-order valence-electron chi connectivity index (χ0n) is 12.5. The Morgan fingerprint density at radius 1 is 1.35 bits per heavy atom. The molecule has 4 heteroatoms. The zero-order chi connectivity index (χ0) is 14.5. The van der Waals surface area contributed by atoms with Crippen LogP contribution >= 0.6 is 0 Å². The maximum Gasteiger partial charge on any atom is 0.120 e. The first-order valence-corrected chi connectivity index (χ1v) is 7.42. The molecule has 0 aromatic heterocycles. The summed E-state index contributed by atoms with van der Waals surface area (Å²) in [6, 6.07) is 5.90. The van der Waals surface area contributed by atoms with Crippen molar-refractivity contribution < 1.29 is 9.84 Å². The van der Waals surface area contributed by atoms with Gasteiger partial charge in [0.2, 0.25) is 0 Å². The van der Waals surface area contributed by atoms with Gasteiger partial charge in [0.25, 0.3) is 0 Å². The molecule has 20 heavy (non-hydrogen) atoms. The molecule has 2 atom stereocenters. The van der Waals surface area contributed by atoms with E-state index in [2.05, 4.69) is 11.9 Å². The topological polar surface area (TPSA) is 58.7 Å². The fourth-order valence-corrected chi connectivity index (χ4v) is 3.24. The number of rotatable bonds is 5. The van der Waals surface area contributed by atoms with Crippen molar-refractivity contribution in [1.82, 2.24) is 4.90 Å². The number of ether oxygens (including phenoxy) is 1. The Kier molecular flexibility index (Phi) is 5.26. The molecule has 2 unspecified atom stereocenters. The highest BCUT2D eigenvalue weighted by Gasteiger charge is 2.27. The van der Waals surface area contributed by atoms with Crippen LogP contribution in [-0.4, -0.2) is 36.8 Å². The predicted octanol–water partition coefficient (Wildman–Crippen LogP) is 2.35. The summed E-state index contributed by atoms with van der Waals surface area (Å²) >= 11 is 0. The third kappa shape index (κ3) is 3.44. The van der Waals surface area contributed by atoms with Crippen LogP contribution in [0.25, 0.3) is 0 Å². The minimum atomic E-state index is 0.331. The van der Waals surface area contributed by atoms with E-state index >= 15 is 0 Å². The minimum absolute atomic E-state index is 0.331. The van der Waals surface area contributed by atoms with Gasteiger partial charge in [-0.15, -0.1) is 0 Å². The lowest BCUT2D eigenvalue weighted by molar-refractivity contribution is 0.126. The van der Waals surface area contributed by atoms with E-state index in [1.165, 1.54) is 25.7 Å². The van der Waals surface area contributed by atoms with Crippen LogP contribution in [0, 0.1) is 5.92 Å². The van der Waals surface area contributed by atoms with E-state index in [4.69, 9.17) is 10.5 Å². The number of methoxy groups -OCH3 is 1. The van der Waals surface area contributed by atoms with Crippen LogP contribution in [0.5, 0.6) is 11.5 Å². The van der Waals surface area contributed by atoms with Crippen molar-refractivity contribution in [3.05, 3.63) is 23.8 Å². The van der Waals surface area contributed by atoms with E-state index in [-0.39, 0.29) is 0 Å². The Balaban J connectivity index is 2.08. The molecule has 0 spiro atoms. The number of aromatic hydroxyl groups is 1. The third-order valence-electron chi connectivity index (χ3n) is 4.44. The first-order chi connectivity index (χ1) is 9.65. The molecule has 0 radical (unpaired) electrons. The lowest BCUT2D eigenvalue weighted by atomic mass is 9.83. The Labute approximate surface area is 121 Å². The van der Waals surface area contributed by atoms with Crippen molar-refractivity contribution in [3.8, 4) is 11.5 Å². The molecular weight excluding hydrogens is 252 g/mol. The molecule has 1 fully saturated rings. The summed E-state index contributed by atoms with van der Waals surface area (Å²) < 4.78 is 5.23. The van der Waals surface area contributed by atoms with Gasteiger partial charge in [-0.25, -0.2) is 0 Å². The van der Waals surface area contributed by atoms with Gasteiger partial charge in [-0.1, -0.05) is 12.8 Å². The van der Waals surface area contributed by atoms with Gasteiger partial charge in [-0.3, -0.25) is 4.90 Å². The molecule has 2 rings (SSSR count). The second-order valence-corrected chi connectivity index (χ2v) is 5.76. The fourth-order valence-electron chi connectivity index (χ4n) is 3.24. The van der Waals surface area contributed by atoms with Gasteiger partial charge in [-0.05, 0) is 50.6 Å². The Morgan fingerprint density at radius 2 is 2.10 bits per heavy atom. The molecule has 1 aliphatic rings. The molecule has 0 saturated heterocycles. The predicted molar refractivity (Wildman–Crippen MR) is 80.9 cm³/mol. The van der Waals surface area contributed by atoms with E-state index in [0.29, 0.717) is 17.7 Å². The lowest BCUT2D eigenvalue weighted by Crippen LogP contribution is -2.42. The van der Waals surface area contributed by atoms with Crippen LogP contribution < -0.4 is 10.5 Å². The summed E-state index contributed by atoms with van der Waals surface area (Å²) in [5.74, 6) is 1.68. The van der Waals surface area contributed by atoms with E-state index in [0.717, 1.165) is 24.4 Å². The molecule has 3 N–H and O–H groups in total. The van der Waals surface area contributed by atoms with Crippen LogP contribution in [0.15, 0.2) is 18.2 Å². The third-order valence-corrected chi connectivity index (χ3v) is 4.44. The van der Waals surface area contributed by atoms with Gasteiger partial charge in [0, 0.05) is 18.2 Å². The normalized spacial score (nSPS) is 23.0. The van der Waals surface area contributed by atoms with E-state index in [9.17, 15) is 5.11 Å². The smallest absolute Gasteiger partial charge is 0.120 e. The van der Waals surface area contributed by atoms with Crippen molar-refractivity contribution in [2.75, 3.05) is 20.7 Å². The largest absolute Gasteiger partial charge is 0.508 e. The molecule has 1 aromatic carbocycles. The highest BCUT2D eigenvalue weighted by molar-refractivity contribution is 5.39. The quantitative estimate of drug-likeness (QED) is 0.868. The van der Waals surface area contributed by atoms with E-state index < -0.39 is 0 Å². The molecule has 0 amide bonds. The van der Waals surface area contributed by atoms with Crippen LogP contribution in [0.3, 0.4) is 0 Å². The highest BCUT2D eigenvalue weighted by Crippen LogP contribution is 2.30. The zero-order valence-corrected chi connectivity index (χ0v) is 12.5. The second-order valence-electron chi connectivity index (χ2n) is 5.76. The number of hydrogen-bond donors (Lipinski definition) is 2. The molecule has 1 aromatic rings. The summed E-state index contributed by atoms with van der Waals surface area (Å²) in [7, 11) is 3.77. The first-order valence-electron chi connectivity index (χ1n) is 7.42. The Bertz CT molecular complexity index is 436. The highest BCUT2D eigenvalue weighted by atomic mass is 16.5. The summed E-state index contributed by atoms with van der Waals surface area (Å²) in [4.78, 5) is 2.32. The maximum atomic E-state index is 9.99. The van der Waals surface area contributed by atoms with Crippen molar-refractivity contribution >= 4 is 0 Å². The Hall–Kier alpha value is -1.26. The molecule has 0 aliphatic heterocycles. The summed E-state index contributed by atoms with van der Waals surface area (Å²) in [6.45, 7) is 1.48. The average Bonchev–Trinajstić information content (AvgIpc) is 2.49. The molecule has 4 nitrogen and oxygen atoms in total. The number of nitrogens with two attached hydrogens (primary N) is 1. The van der Waals surface area contributed by atoms with E-state index in [1.54, 1.807) is 19.2 Å². The van der Waals surface area contributed by atoms with Crippen molar-refractivity contribution in [2.24, 2.45) is 11.7 Å². The minimum Gasteiger partial charge on any atom is -0.508 e. The van der Waals surface area contributed by atoms with Gasteiger partial charge in [0.1, 0.15) is 11.5 Å². The molecule has 0 heterocycles. The number of nitrogens with zero attached hydrogens (tertiary/aromatic N) is 1. The second kappa shape index (κ2) is 6.95. The van der Waals surface area contributed by atoms with Crippen LogP contribution in [0.1, 0.15) is 31.2 Å². The van der Waals surface area contributed by atoms with Crippen molar-refractivity contribution in [2.45, 2.75) is 38.3 Å². The van der Waals surface area contributed by atoms with Crippen LogP contribution in [-0.2, 0) is 6.54 Å². The molecule has 1 aliphatic carbocycles. The number of benzene rings is 1. The van der Waals surface area contributed by atoms with Crippen molar-refractivity contribution in [1.29, 1.82) is 0 Å². The molecule has 112 valence electrons. The van der Waals surface area contributed by atoms with Gasteiger partial charge < -0.3 is 15.6 Å². The summed E-state index contributed by atoms with van der Waals surface area (Å²) in [6.07, 6.45) is 4.98. The van der Waals surface area contributed by atoms with Gasteiger partial charge in [0.05, 0.1) is 7.11 Å². The van der Waals surface area contributed by atoms with Crippen LogP contribution in [0.2, 0.25) is 0 Å². The van der Waals surface area contributed by atoms with Crippen LogP contribution in [0.4, 0.5) is 0 Å². The van der Waals surface area contributed by atoms with Crippen molar-refractivity contribution in [3.63, 3.8) is 0 Å². The monoisotopic (exact) mass is 278 g/mol. The average molecular weight is 278 g/mol. The molecule has 1 saturated carbocycles. The number of hydrogen-bond acceptors (Lipinski definition) is 4. The maximum absolute atomic E-state index is 9.99. The molecule has 0 bridgehead atoms. The lowest BCUT2D eigenvalue weighted by Gasteiger charge is -2.37.